The number of anilines is 3. The molecule has 0 aliphatic rings. The Labute approximate surface area is 190 Å². The molecule has 32 heavy (non-hydrogen) atoms. The van der Waals surface area contributed by atoms with Crippen LogP contribution in [0.4, 0.5) is 17.2 Å². The summed E-state index contributed by atoms with van der Waals surface area (Å²) in [5.74, 6) is -0.0240. The monoisotopic (exact) mass is 442 g/mol. The van der Waals surface area contributed by atoms with Crippen molar-refractivity contribution in [1.82, 2.24) is 9.78 Å². The summed E-state index contributed by atoms with van der Waals surface area (Å²) in [5, 5.41) is 19.7. The van der Waals surface area contributed by atoms with Crippen LogP contribution in [0, 0.1) is 11.3 Å². The van der Waals surface area contributed by atoms with Gasteiger partial charge < -0.3 is 16.4 Å². The van der Waals surface area contributed by atoms with Gasteiger partial charge in [-0.1, -0.05) is 41.9 Å². The van der Waals surface area contributed by atoms with E-state index in [4.69, 9.17) is 22.6 Å². The first-order valence-corrected chi connectivity index (χ1v) is 10.2. The summed E-state index contributed by atoms with van der Waals surface area (Å²) in [6.07, 6.45) is 1.40. The van der Waals surface area contributed by atoms with Crippen molar-refractivity contribution in [2.45, 2.75) is 6.54 Å². The Bertz CT molecular complexity index is 1290. The van der Waals surface area contributed by atoms with E-state index in [1.54, 1.807) is 36.4 Å². The fraction of sp³-hybridized carbons (Fsp3) is 0.0417. The van der Waals surface area contributed by atoms with Crippen LogP contribution in [-0.4, -0.2) is 15.7 Å². The topological polar surface area (TPSA) is 109 Å². The van der Waals surface area contributed by atoms with Crippen LogP contribution in [-0.2, 0) is 6.54 Å². The number of aromatic nitrogens is 2. The molecule has 0 radical (unpaired) electrons. The third kappa shape index (κ3) is 4.56. The lowest BCUT2D eigenvalue weighted by molar-refractivity contribution is 0.102. The number of amides is 1. The number of hydrogen-bond acceptors (Lipinski definition) is 5. The molecule has 4 N–H and O–H groups in total. The fourth-order valence-corrected chi connectivity index (χ4v) is 3.38. The van der Waals surface area contributed by atoms with Gasteiger partial charge in [0.25, 0.3) is 5.91 Å². The molecule has 0 atom stereocenters. The van der Waals surface area contributed by atoms with E-state index in [1.165, 1.54) is 10.9 Å². The lowest BCUT2D eigenvalue weighted by Crippen LogP contribution is -2.12. The summed E-state index contributed by atoms with van der Waals surface area (Å²) < 4.78 is 1.45. The van der Waals surface area contributed by atoms with Crippen molar-refractivity contribution in [3.8, 4) is 11.8 Å². The van der Waals surface area contributed by atoms with E-state index in [0.29, 0.717) is 34.1 Å². The van der Waals surface area contributed by atoms with E-state index < -0.39 is 0 Å². The van der Waals surface area contributed by atoms with Gasteiger partial charge in [-0.05, 0) is 48.0 Å². The molecule has 1 amide bonds. The molecule has 0 spiro atoms. The Morgan fingerprint density at radius 2 is 1.84 bits per heavy atom. The average molecular weight is 443 g/mol. The second-order valence-electron chi connectivity index (χ2n) is 7.00. The number of rotatable bonds is 6. The first-order chi connectivity index (χ1) is 15.5. The smallest absolute Gasteiger partial charge is 0.255 e. The zero-order valence-corrected chi connectivity index (χ0v) is 17.7. The van der Waals surface area contributed by atoms with Crippen LogP contribution < -0.4 is 16.4 Å². The molecular weight excluding hydrogens is 424 g/mol. The normalized spacial score (nSPS) is 10.4. The molecule has 1 heterocycles. The molecule has 0 saturated carbocycles. The number of nitrogens with zero attached hydrogens (tertiary/aromatic N) is 3. The van der Waals surface area contributed by atoms with Gasteiger partial charge in [0.2, 0.25) is 0 Å². The molecule has 0 aliphatic heterocycles. The van der Waals surface area contributed by atoms with Crippen LogP contribution in [0.15, 0.2) is 79.0 Å². The van der Waals surface area contributed by atoms with E-state index >= 15 is 0 Å². The molecule has 0 fully saturated rings. The van der Waals surface area contributed by atoms with Gasteiger partial charge in [0.05, 0.1) is 22.6 Å². The van der Waals surface area contributed by atoms with Crippen molar-refractivity contribution in [1.29, 1.82) is 5.26 Å². The number of hydrogen-bond donors (Lipinski definition) is 3. The summed E-state index contributed by atoms with van der Waals surface area (Å²) in [5.41, 5.74) is 9.83. The van der Waals surface area contributed by atoms with Crippen LogP contribution in [0.1, 0.15) is 21.5 Å². The Morgan fingerprint density at radius 1 is 1.09 bits per heavy atom. The third-order valence-corrected chi connectivity index (χ3v) is 5.17. The Kier molecular flexibility index (Phi) is 6.06. The SMILES string of the molecule is N#Cc1cnn(-c2ccc(C(=O)Nc3ccc(NCc4ccccc4)c(Cl)c3)cc2)c1N. The number of nitrogens with two attached hydrogens (primary N) is 1. The maximum absolute atomic E-state index is 12.6. The highest BCUT2D eigenvalue weighted by atomic mass is 35.5. The number of nitrogens with one attached hydrogen (secondary N) is 2. The average Bonchev–Trinajstić information content (AvgIpc) is 3.19. The molecular formula is C24H19ClN6O. The van der Waals surface area contributed by atoms with Crippen LogP contribution in [0.5, 0.6) is 0 Å². The molecule has 158 valence electrons. The minimum Gasteiger partial charge on any atom is -0.382 e. The molecule has 7 nitrogen and oxygen atoms in total. The first-order valence-electron chi connectivity index (χ1n) is 9.78. The molecule has 0 unspecified atom stereocenters. The molecule has 0 aliphatic carbocycles. The molecule has 4 rings (SSSR count). The van der Waals surface area contributed by atoms with E-state index in [0.717, 1.165) is 11.3 Å². The predicted octanol–water partition coefficient (Wildman–Crippen LogP) is 4.84. The Balaban J connectivity index is 1.41. The van der Waals surface area contributed by atoms with Crippen LogP contribution >= 0.6 is 11.6 Å². The van der Waals surface area contributed by atoms with Crippen LogP contribution in [0.2, 0.25) is 5.02 Å². The summed E-state index contributed by atoms with van der Waals surface area (Å²) in [4.78, 5) is 12.6. The molecule has 3 aromatic carbocycles. The Hall–Kier alpha value is -4.28. The lowest BCUT2D eigenvalue weighted by Gasteiger charge is -2.11. The molecule has 8 heteroatoms. The van der Waals surface area contributed by atoms with Crippen LogP contribution in [0.25, 0.3) is 5.69 Å². The minimum absolute atomic E-state index is 0.250. The second kappa shape index (κ2) is 9.25. The maximum atomic E-state index is 12.6. The minimum atomic E-state index is -0.274. The van der Waals surface area contributed by atoms with Gasteiger partial charge >= 0.3 is 0 Å². The van der Waals surface area contributed by atoms with E-state index in [2.05, 4.69) is 15.7 Å². The van der Waals surface area contributed by atoms with Gasteiger partial charge in [-0.2, -0.15) is 10.4 Å². The first kappa shape index (κ1) is 21.0. The van der Waals surface area contributed by atoms with Gasteiger partial charge in [-0.25, -0.2) is 4.68 Å². The third-order valence-electron chi connectivity index (χ3n) is 4.85. The van der Waals surface area contributed by atoms with Gasteiger partial charge in [0, 0.05) is 17.8 Å². The van der Waals surface area contributed by atoms with Crippen molar-refractivity contribution < 1.29 is 4.79 Å². The number of nitriles is 1. The largest absolute Gasteiger partial charge is 0.382 e. The number of carbonyl (C=O) groups is 1. The number of halogens is 1. The summed E-state index contributed by atoms with van der Waals surface area (Å²) in [6.45, 7) is 0.648. The molecule has 4 aromatic rings. The van der Waals surface area contributed by atoms with Gasteiger partial charge in [-0.3, -0.25) is 4.79 Å². The van der Waals surface area contributed by atoms with Gasteiger partial charge in [0.1, 0.15) is 17.5 Å². The zero-order valence-electron chi connectivity index (χ0n) is 16.9. The van der Waals surface area contributed by atoms with Crippen molar-refractivity contribution in [3.05, 3.63) is 101 Å². The summed E-state index contributed by atoms with van der Waals surface area (Å²) in [6, 6.07) is 24.1. The quantitative estimate of drug-likeness (QED) is 0.395. The number of nitrogen functional groups attached to an aromatic ring is 1. The van der Waals surface area contributed by atoms with Crippen molar-refractivity contribution >= 4 is 34.7 Å². The standard InChI is InChI=1S/C24H19ClN6O/c25-21-12-19(8-11-22(21)28-14-16-4-2-1-3-5-16)30-24(32)17-6-9-20(10-7-17)31-23(27)18(13-26)15-29-31/h1-12,15,28H,14,27H2,(H,30,32). The van der Waals surface area contributed by atoms with Gasteiger partial charge in [0.15, 0.2) is 0 Å². The van der Waals surface area contributed by atoms with E-state index in [9.17, 15) is 4.79 Å². The summed E-state index contributed by atoms with van der Waals surface area (Å²) in [7, 11) is 0. The molecule has 1 aromatic heterocycles. The fourth-order valence-electron chi connectivity index (χ4n) is 3.14. The number of benzene rings is 3. The Morgan fingerprint density at radius 3 is 2.50 bits per heavy atom. The van der Waals surface area contributed by atoms with Crippen molar-refractivity contribution in [3.63, 3.8) is 0 Å². The molecule has 0 saturated heterocycles. The van der Waals surface area contributed by atoms with Crippen molar-refractivity contribution in [2.75, 3.05) is 16.4 Å². The predicted molar refractivity (Wildman–Crippen MR) is 126 cm³/mol. The zero-order chi connectivity index (χ0) is 22.5. The highest BCUT2D eigenvalue weighted by Crippen LogP contribution is 2.26. The van der Waals surface area contributed by atoms with E-state index in [-0.39, 0.29) is 11.7 Å². The van der Waals surface area contributed by atoms with Crippen LogP contribution in [0.3, 0.4) is 0 Å². The lowest BCUT2D eigenvalue weighted by atomic mass is 10.2. The van der Waals surface area contributed by atoms with Crippen molar-refractivity contribution in [2.24, 2.45) is 0 Å². The maximum Gasteiger partial charge on any atom is 0.255 e. The van der Waals surface area contributed by atoms with E-state index in [1.807, 2.05) is 42.5 Å². The highest BCUT2D eigenvalue weighted by molar-refractivity contribution is 6.33. The van der Waals surface area contributed by atoms with Gasteiger partial charge in [-0.15, -0.1) is 0 Å². The number of carbonyl (C=O) groups excluding carboxylic acids is 1. The summed E-state index contributed by atoms with van der Waals surface area (Å²) >= 11 is 6.38. The highest BCUT2D eigenvalue weighted by Gasteiger charge is 2.11. The molecule has 0 bridgehead atoms. The second-order valence-corrected chi connectivity index (χ2v) is 7.41.